The fraction of sp³-hybridized carbons (Fsp3) is 0.588. The Hall–Kier alpha value is -1.55. The second-order valence-electron chi connectivity index (χ2n) is 6.17. The Labute approximate surface area is 125 Å². The fourth-order valence-electron chi connectivity index (χ4n) is 3.37. The Morgan fingerprint density at radius 3 is 2.95 bits per heavy atom. The molecule has 0 radical (unpaired) electrons. The standard InChI is InChI=1S/C17H23NO3/c1-11-12(2)21-16-14(11)7-5-8-15(16)17(20)18-9-4-3-6-13(18)10-19/h5,7-8,11-13,19H,3-4,6,9-10H2,1-2H3. The molecule has 1 amide bonds. The van der Waals surface area contributed by atoms with E-state index >= 15 is 0 Å². The maximum Gasteiger partial charge on any atom is 0.257 e. The summed E-state index contributed by atoms with van der Waals surface area (Å²) in [5.74, 6) is 1.04. The van der Waals surface area contributed by atoms with Crippen LogP contribution in [0.4, 0.5) is 0 Å². The molecule has 4 nitrogen and oxygen atoms in total. The molecule has 0 bridgehead atoms. The van der Waals surface area contributed by atoms with Gasteiger partial charge in [0, 0.05) is 18.0 Å². The van der Waals surface area contributed by atoms with Gasteiger partial charge in [-0.2, -0.15) is 0 Å². The second kappa shape index (κ2) is 5.68. The summed E-state index contributed by atoms with van der Waals surface area (Å²) >= 11 is 0. The Bertz CT molecular complexity index is 543. The minimum Gasteiger partial charge on any atom is -0.489 e. The number of amides is 1. The molecule has 1 N–H and O–H groups in total. The number of benzene rings is 1. The maximum absolute atomic E-state index is 12.9. The molecule has 1 fully saturated rings. The first kappa shape index (κ1) is 14.4. The third kappa shape index (κ3) is 2.42. The second-order valence-corrected chi connectivity index (χ2v) is 6.17. The van der Waals surface area contributed by atoms with Crippen LogP contribution in [-0.2, 0) is 0 Å². The highest BCUT2D eigenvalue weighted by atomic mass is 16.5. The summed E-state index contributed by atoms with van der Waals surface area (Å²) in [4.78, 5) is 14.7. The summed E-state index contributed by atoms with van der Waals surface area (Å²) in [6, 6.07) is 5.76. The van der Waals surface area contributed by atoms with Crippen LogP contribution < -0.4 is 4.74 Å². The summed E-state index contributed by atoms with van der Waals surface area (Å²) in [6.07, 6.45) is 3.06. The molecule has 0 aromatic heterocycles. The van der Waals surface area contributed by atoms with Gasteiger partial charge in [0.25, 0.3) is 5.91 Å². The van der Waals surface area contributed by atoms with Crippen molar-refractivity contribution in [3.63, 3.8) is 0 Å². The van der Waals surface area contributed by atoms with Crippen LogP contribution in [0.5, 0.6) is 5.75 Å². The van der Waals surface area contributed by atoms with E-state index < -0.39 is 0 Å². The lowest BCUT2D eigenvalue weighted by Crippen LogP contribution is -2.45. The SMILES string of the molecule is CC1Oc2c(C(=O)N3CCCCC3CO)cccc2C1C. The van der Waals surface area contributed by atoms with E-state index in [4.69, 9.17) is 4.74 Å². The van der Waals surface area contributed by atoms with Gasteiger partial charge in [-0.3, -0.25) is 4.79 Å². The number of piperidine rings is 1. The van der Waals surface area contributed by atoms with Gasteiger partial charge in [0.1, 0.15) is 11.9 Å². The fourth-order valence-corrected chi connectivity index (χ4v) is 3.37. The van der Waals surface area contributed by atoms with Gasteiger partial charge >= 0.3 is 0 Å². The van der Waals surface area contributed by atoms with Crippen molar-refractivity contribution in [2.45, 2.75) is 51.2 Å². The van der Waals surface area contributed by atoms with E-state index in [0.29, 0.717) is 11.5 Å². The number of carbonyl (C=O) groups excluding carboxylic acids is 1. The van der Waals surface area contributed by atoms with E-state index in [1.165, 1.54) is 0 Å². The van der Waals surface area contributed by atoms with Crippen molar-refractivity contribution in [3.05, 3.63) is 29.3 Å². The van der Waals surface area contributed by atoms with Crippen LogP contribution in [-0.4, -0.2) is 41.2 Å². The number of aliphatic hydroxyl groups excluding tert-OH is 1. The largest absolute Gasteiger partial charge is 0.489 e. The van der Waals surface area contributed by atoms with Gasteiger partial charge in [-0.05, 0) is 32.3 Å². The summed E-state index contributed by atoms with van der Waals surface area (Å²) in [6.45, 7) is 4.92. The lowest BCUT2D eigenvalue weighted by molar-refractivity contribution is 0.0498. The van der Waals surface area contributed by atoms with Gasteiger partial charge in [-0.15, -0.1) is 0 Å². The average molecular weight is 289 g/mol. The Morgan fingerprint density at radius 2 is 2.19 bits per heavy atom. The normalized spacial score (nSPS) is 28.1. The number of rotatable bonds is 2. The van der Waals surface area contributed by atoms with Crippen molar-refractivity contribution in [3.8, 4) is 5.75 Å². The molecule has 2 aliphatic rings. The molecule has 1 saturated heterocycles. The number of carbonyl (C=O) groups is 1. The third-order valence-corrected chi connectivity index (χ3v) is 4.87. The van der Waals surface area contributed by atoms with E-state index in [0.717, 1.165) is 37.1 Å². The van der Waals surface area contributed by atoms with E-state index in [1.807, 2.05) is 30.0 Å². The van der Waals surface area contributed by atoms with Crippen LogP contribution >= 0.6 is 0 Å². The average Bonchev–Trinajstić information content (AvgIpc) is 2.81. The van der Waals surface area contributed by atoms with E-state index in [9.17, 15) is 9.90 Å². The Balaban J connectivity index is 1.92. The van der Waals surface area contributed by atoms with Crippen molar-refractivity contribution in [2.24, 2.45) is 0 Å². The van der Waals surface area contributed by atoms with Crippen molar-refractivity contribution in [2.75, 3.05) is 13.2 Å². The topological polar surface area (TPSA) is 49.8 Å². The zero-order chi connectivity index (χ0) is 15.0. The molecule has 0 aliphatic carbocycles. The summed E-state index contributed by atoms with van der Waals surface area (Å²) in [7, 11) is 0. The number of hydrogen-bond donors (Lipinski definition) is 1. The van der Waals surface area contributed by atoms with Crippen LogP contribution in [0.3, 0.4) is 0 Å². The molecule has 4 heteroatoms. The first-order valence-corrected chi connectivity index (χ1v) is 7.85. The van der Waals surface area contributed by atoms with Crippen LogP contribution in [0.15, 0.2) is 18.2 Å². The number of aliphatic hydroxyl groups is 1. The molecule has 2 heterocycles. The van der Waals surface area contributed by atoms with E-state index in [-0.39, 0.29) is 24.7 Å². The maximum atomic E-state index is 12.9. The summed E-state index contributed by atoms with van der Waals surface area (Å²) < 4.78 is 5.92. The zero-order valence-corrected chi connectivity index (χ0v) is 12.7. The van der Waals surface area contributed by atoms with Crippen LogP contribution in [0.2, 0.25) is 0 Å². The predicted molar refractivity (Wildman–Crippen MR) is 80.7 cm³/mol. The number of ether oxygens (including phenoxy) is 1. The molecule has 0 spiro atoms. The first-order chi connectivity index (χ1) is 10.1. The number of para-hydroxylation sites is 1. The predicted octanol–water partition coefficient (Wildman–Crippen LogP) is 2.56. The molecule has 3 unspecified atom stereocenters. The number of nitrogens with zero attached hydrogens (tertiary/aromatic N) is 1. The molecule has 3 atom stereocenters. The summed E-state index contributed by atoms with van der Waals surface area (Å²) in [5, 5.41) is 9.51. The quantitative estimate of drug-likeness (QED) is 0.910. The lowest BCUT2D eigenvalue weighted by Gasteiger charge is -2.35. The van der Waals surface area contributed by atoms with E-state index in [2.05, 4.69) is 6.92 Å². The lowest BCUT2D eigenvalue weighted by atomic mass is 9.95. The highest BCUT2D eigenvalue weighted by molar-refractivity contribution is 5.98. The Morgan fingerprint density at radius 1 is 1.38 bits per heavy atom. The zero-order valence-electron chi connectivity index (χ0n) is 12.7. The van der Waals surface area contributed by atoms with Gasteiger partial charge < -0.3 is 14.7 Å². The third-order valence-electron chi connectivity index (χ3n) is 4.87. The molecule has 1 aromatic carbocycles. The van der Waals surface area contributed by atoms with Gasteiger partial charge in [0.2, 0.25) is 0 Å². The van der Waals surface area contributed by atoms with Crippen molar-refractivity contribution in [1.82, 2.24) is 4.90 Å². The number of hydrogen-bond acceptors (Lipinski definition) is 3. The van der Waals surface area contributed by atoms with Crippen molar-refractivity contribution in [1.29, 1.82) is 0 Å². The van der Waals surface area contributed by atoms with Crippen LogP contribution in [0.25, 0.3) is 0 Å². The van der Waals surface area contributed by atoms with Crippen LogP contribution in [0.1, 0.15) is 54.9 Å². The Kier molecular flexibility index (Phi) is 3.89. The molecule has 114 valence electrons. The van der Waals surface area contributed by atoms with Crippen LogP contribution in [0, 0.1) is 0 Å². The summed E-state index contributed by atoms with van der Waals surface area (Å²) in [5.41, 5.74) is 1.76. The molecular formula is C17H23NO3. The number of fused-ring (bicyclic) bond motifs is 1. The first-order valence-electron chi connectivity index (χ1n) is 7.85. The molecule has 3 rings (SSSR count). The van der Waals surface area contributed by atoms with Gasteiger partial charge in [-0.1, -0.05) is 19.1 Å². The van der Waals surface area contributed by atoms with Gasteiger partial charge in [-0.25, -0.2) is 0 Å². The smallest absolute Gasteiger partial charge is 0.257 e. The van der Waals surface area contributed by atoms with Gasteiger partial charge in [0.15, 0.2) is 0 Å². The van der Waals surface area contributed by atoms with Crippen molar-refractivity contribution >= 4 is 5.91 Å². The molecular weight excluding hydrogens is 266 g/mol. The molecule has 21 heavy (non-hydrogen) atoms. The highest BCUT2D eigenvalue weighted by Crippen LogP contribution is 2.41. The minimum absolute atomic E-state index is 0.00750. The van der Waals surface area contributed by atoms with Gasteiger partial charge in [0.05, 0.1) is 18.2 Å². The molecule has 0 saturated carbocycles. The highest BCUT2D eigenvalue weighted by Gasteiger charge is 2.34. The van der Waals surface area contributed by atoms with Crippen molar-refractivity contribution < 1.29 is 14.6 Å². The number of likely N-dealkylation sites (tertiary alicyclic amines) is 1. The monoisotopic (exact) mass is 289 g/mol. The van der Waals surface area contributed by atoms with E-state index in [1.54, 1.807) is 0 Å². The molecule has 1 aromatic rings. The molecule has 2 aliphatic heterocycles. The minimum atomic E-state index is -0.0571.